The Morgan fingerprint density at radius 2 is 1.73 bits per heavy atom. The van der Waals surface area contributed by atoms with E-state index in [0.717, 1.165) is 47.9 Å². The summed E-state index contributed by atoms with van der Waals surface area (Å²) in [6.45, 7) is 0.345. The monoisotopic (exact) mass is 382 g/mol. The largest absolute Gasteiger partial charge is 0.306 e. The molecule has 1 aromatic carbocycles. The van der Waals surface area contributed by atoms with Gasteiger partial charge in [0.2, 0.25) is 10.0 Å². The Kier molecular flexibility index (Phi) is 5.01. The first-order valence-corrected chi connectivity index (χ1v) is 9.42. The lowest BCUT2D eigenvalue weighted by Gasteiger charge is -2.16. The van der Waals surface area contributed by atoms with E-state index < -0.39 is 39.5 Å². The normalized spacial score (nSPS) is 15.3. The molecule has 1 fully saturated rings. The number of pyridine rings is 1. The van der Waals surface area contributed by atoms with Crippen molar-refractivity contribution in [2.75, 3.05) is 13.1 Å². The summed E-state index contributed by atoms with van der Waals surface area (Å²) >= 11 is 0. The van der Waals surface area contributed by atoms with Gasteiger partial charge in [-0.2, -0.15) is 4.31 Å². The molecule has 2 heterocycles. The van der Waals surface area contributed by atoms with E-state index in [-0.39, 0.29) is 10.5 Å². The number of rotatable bonds is 5. The Balaban J connectivity index is 1.89. The second kappa shape index (κ2) is 7.08. The predicted molar refractivity (Wildman–Crippen MR) is 89.4 cm³/mol. The summed E-state index contributed by atoms with van der Waals surface area (Å²) in [6.07, 6.45) is 2.65. The zero-order chi connectivity index (χ0) is 18.9. The third-order valence-corrected chi connectivity index (χ3v) is 6.10. The average Bonchev–Trinajstić information content (AvgIpc) is 3.14. The Labute approximate surface area is 148 Å². The van der Waals surface area contributed by atoms with Crippen molar-refractivity contribution in [3.05, 3.63) is 64.1 Å². The standard InChI is InChI=1S/C17H16F2N2O4S/c18-14-5-3-12(9-15(14)19)16(22)11-20-10-13(4-6-17(20)23)26(24,25)21-7-1-2-8-21/h3-6,9-10H,1-2,7-8,11H2. The molecule has 0 amide bonds. The van der Waals surface area contributed by atoms with Gasteiger partial charge in [-0.1, -0.05) is 0 Å². The minimum absolute atomic E-state index is 0.0860. The highest BCUT2D eigenvalue weighted by atomic mass is 32.2. The Morgan fingerprint density at radius 1 is 1.04 bits per heavy atom. The van der Waals surface area contributed by atoms with E-state index in [1.165, 1.54) is 10.4 Å². The molecule has 0 radical (unpaired) electrons. The fourth-order valence-corrected chi connectivity index (χ4v) is 4.32. The van der Waals surface area contributed by atoms with Crippen LogP contribution in [-0.4, -0.2) is 36.2 Å². The van der Waals surface area contributed by atoms with E-state index in [4.69, 9.17) is 0 Å². The summed E-state index contributed by atoms with van der Waals surface area (Å²) in [5.41, 5.74) is -0.676. The minimum atomic E-state index is -3.74. The molecule has 6 nitrogen and oxygen atoms in total. The molecule has 9 heteroatoms. The van der Waals surface area contributed by atoms with E-state index in [1.807, 2.05) is 0 Å². The number of hydrogen-bond donors (Lipinski definition) is 0. The van der Waals surface area contributed by atoms with Crippen LogP contribution < -0.4 is 5.56 Å². The van der Waals surface area contributed by atoms with Crippen molar-refractivity contribution in [3.63, 3.8) is 0 Å². The van der Waals surface area contributed by atoms with Crippen LogP contribution in [0.3, 0.4) is 0 Å². The number of Topliss-reactive ketones (excluding diaryl/α,β-unsaturated/α-hetero) is 1. The van der Waals surface area contributed by atoms with Gasteiger partial charge in [-0.15, -0.1) is 0 Å². The molecule has 1 saturated heterocycles. The Morgan fingerprint density at radius 3 is 2.38 bits per heavy atom. The highest BCUT2D eigenvalue weighted by Crippen LogP contribution is 2.20. The maximum absolute atomic E-state index is 13.3. The van der Waals surface area contributed by atoms with E-state index >= 15 is 0 Å². The zero-order valence-electron chi connectivity index (χ0n) is 13.7. The van der Waals surface area contributed by atoms with E-state index in [2.05, 4.69) is 0 Å². The zero-order valence-corrected chi connectivity index (χ0v) is 14.5. The third kappa shape index (κ3) is 3.58. The molecule has 0 saturated carbocycles. The van der Waals surface area contributed by atoms with Gasteiger partial charge in [0.15, 0.2) is 17.4 Å². The van der Waals surface area contributed by atoms with Crippen LogP contribution in [0, 0.1) is 11.6 Å². The van der Waals surface area contributed by atoms with E-state index in [0.29, 0.717) is 13.1 Å². The lowest BCUT2D eigenvalue weighted by molar-refractivity contribution is 0.0970. The summed E-state index contributed by atoms with van der Waals surface area (Å²) in [7, 11) is -3.74. The first kappa shape index (κ1) is 18.4. The maximum Gasteiger partial charge on any atom is 0.251 e. The number of nitrogens with zero attached hydrogens (tertiary/aromatic N) is 2. The van der Waals surface area contributed by atoms with Gasteiger partial charge in [0.1, 0.15) is 0 Å². The van der Waals surface area contributed by atoms with Crippen LogP contribution in [0.1, 0.15) is 23.2 Å². The molecule has 1 aromatic heterocycles. The summed E-state index contributed by atoms with van der Waals surface area (Å²) in [6, 6.07) is 4.94. The molecule has 1 aliphatic rings. The molecule has 0 atom stereocenters. The number of hydrogen-bond acceptors (Lipinski definition) is 4. The average molecular weight is 382 g/mol. The van der Waals surface area contributed by atoms with Crippen LogP contribution in [0.2, 0.25) is 0 Å². The number of sulfonamides is 1. The molecule has 0 spiro atoms. The van der Waals surface area contributed by atoms with Gasteiger partial charge in [-0.3, -0.25) is 9.59 Å². The van der Waals surface area contributed by atoms with Crippen LogP contribution in [0.15, 0.2) is 46.2 Å². The topological polar surface area (TPSA) is 76.5 Å². The second-order valence-corrected chi connectivity index (χ2v) is 7.93. The highest BCUT2D eigenvalue weighted by molar-refractivity contribution is 7.89. The quantitative estimate of drug-likeness (QED) is 0.739. The summed E-state index contributed by atoms with van der Waals surface area (Å²) in [5, 5.41) is 0. The molecule has 0 N–H and O–H groups in total. The van der Waals surface area contributed by atoms with Gasteiger partial charge in [0, 0.05) is 30.9 Å². The van der Waals surface area contributed by atoms with Crippen LogP contribution in [0.4, 0.5) is 8.78 Å². The molecule has 3 rings (SSSR count). The smallest absolute Gasteiger partial charge is 0.251 e. The minimum Gasteiger partial charge on any atom is -0.306 e. The Bertz CT molecular complexity index is 1010. The first-order chi connectivity index (χ1) is 12.3. The number of benzene rings is 1. The van der Waals surface area contributed by atoms with E-state index in [9.17, 15) is 26.8 Å². The molecular formula is C17H16F2N2O4S. The number of carbonyl (C=O) groups excluding carboxylic acids is 1. The highest BCUT2D eigenvalue weighted by Gasteiger charge is 2.27. The van der Waals surface area contributed by atoms with Crippen LogP contribution in [-0.2, 0) is 16.6 Å². The molecular weight excluding hydrogens is 366 g/mol. The molecule has 2 aromatic rings. The fraction of sp³-hybridized carbons (Fsp3) is 0.294. The molecule has 0 unspecified atom stereocenters. The van der Waals surface area contributed by atoms with Gasteiger partial charge in [0.05, 0.1) is 11.4 Å². The molecule has 138 valence electrons. The second-order valence-electron chi connectivity index (χ2n) is 5.99. The van der Waals surface area contributed by atoms with Crippen LogP contribution >= 0.6 is 0 Å². The van der Waals surface area contributed by atoms with Crippen molar-refractivity contribution in [3.8, 4) is 0 Å². The number of aromatic nitrogens is 1. The summed E-state index contributed by atoms with van der Waals surface area (Å²) in [4.78, 5) is 24.1. The maximum atomic E-state index is 13.3. The van der Waals surface area contributed by atoms with Crippen LogP contribution in [0.5, 0.6) is 0 Å². The van der Waals surface area contributed by atoms with Crippen molar-refractivity contribution in [2.24, 2.45) is 0 Å². The van der Waals surface area contributed by atoms with E-state index in [1.54, 1.807) is 0 Å². The Hall–Kier alpha value is -2.39. The van der Waals surface area contributed by atoms with Gasteiger partial charge in [0.25, 0.3) is 5.56 Å². The predicted octanol–water partition coefficient (Wildman–Crippen LogP) is 1.79. The molecule has 1 aliphatic heterocycles. The first-order valence-electron chi connectivity index (χ1n) is 7.98. The SMILES string of the molecule is O=C(Cn1cc(S(=O)(=O)N2CCCC2)ccc1=O)c1ccc(F)c(F)c1. The van der Waals surface area contributed by atoms with Gasteiger partial charge >= 0.3 is 0 Å². The van der Waals surface area contributed by atoms with Crippen molar-refractivity contribution in [1.29, 1.82) is 0 Å². The number of ketones is 1. The molecule has 0 aliphatic carbocycles. The molecule has 26 heavy (non-hydrogen) atoms. The lowest BCUT2D eigenvalue weighted by atomic mass is 10.1. The van der Waals surface area contributed by atoms with Crippen molar-refractivity contribution in [2.45, 2.75) is 24.3 Å². The number of halogens is 2. The van der Waals surface area contributed by atoms with Crippen molar-refractivity contribution >= 4 is 15.8 Å². The number of carbonyl (C=O) groups is 1. The summed E-state index contributed by atoms with van der Waals surface area (Å²) < 4.78 is 53.7. The van der Waals surface area contributed by atoms with Crippen LogP contribution in [0.25, 0.3) is 0 Å². The fourth-order valence-electron chi connectivity index (χ4n) is 2.78. The summed E-state index contributed by atoms with van der Waals surface area (Å²) in [5.74, 6) is -2.90. The lowest BCUT2D eigenvalue weighted by Crippen LogP contribution is -2.30. The van der Waals surface area contributed by atoms with Crippen molar-refractivity contribution < 1.29 is 22.0 Å². The van der Waals surface area contributed by atoms with Gasteiger partial charge in [-0.25, -0.2) is 17.2 Å². The van der Waals surface area contributed by atoms with Crippen molar-refractivity contribution in [1.82, 2.24) is 8.87 Å². The molecule has 0 bridgehead atoms. The third-order valence-electron chi connectivity index (χ3n) is 4.21. The van der Waals surface area contributed by atoms with Gasteiger partial charge < -0.3 is 4.57 Å². The van der Waals surface area contributed by atoms with Gasteiger partial charge in [-0.05, 0) is 37.1 Å².